The van der Waals surface area contributed by atoms with Gasteiger partial charge in [0.1, 0.15) is 5.56 Å². The van der Waals surface area contributed by atoms with Crippen molar-refractivity contribution in [3.05, 3.63) is 62.4 Å². The molecule has 1 heterocycles. The number of benzene rings is 1. The first-order valence-electron chi connectivity index (χ1n) is 5.43. The van der Waals surface area contributed by atoms with Gasteiger partial charge in [0.05, 0.1) is 6.61 Å². The molecule has 2 aromatic rings. The number of aromatic nitrogens is 2. The van der Waals surface area contributed by atoms with Crippen LogP contribution in [0.4, 0.5) is 5.69 Å². The van der Waals surface area contributed by atoms with Crippen molar-refractivity contribution in [1.82, 2.24) is 9.97 Å². The minimum absolute atomic E-state index is 0.150. The molecule has 1 amide bonds. The van der Waals surface area contributed by atoms with Crippen LogP contribution in [0.15, 0.2) is 40.1 Å². The molecule has 0 aliphatic heterocycles. The summed E-state index contributed by atoms with van der Waals surface area (Å²) < 4.78 is 0. The zero-order valence-electron chi connectivity index (χ0n) is 9.77. The van der Waals surface area contributed by atoms with E-state index in [2.05, 4.69) is 10.3 Å². The summed E-state index contributed by atoms with van der Waals surface area (Å²) in [5.41, 5.74) is -0.562. The number of aliphatic hydroxyl groups is 1. The highest BCUT2D eigenvalue weighted by Crippen LogP contribution is 2.11. The monoisotopic (exact) mass is 261 g/mol. The Morgan fingerprint density at radius 2 is 2.11 bits per heavy atom. The Kier molecular flexibility index (Phi) is 3.58. The molecule has 0 radical (unpaired) electrons. The molecule has 0 saturated heterocycles. The van der Waals surface area contributed by atoms with Gasteiger partial charge in [-0.25, -0.2) is 4.79 Å². The zero-order chi connectivity index (χ0) is 13.8. The number of carbonyl (C=O) groups excluding carboxylic acids is 1. The van der Waals surface area contributed by atoms with E-state index in [9.17, 15) is 14.4 Å². The number of H-pyrrole nitrogens is 2. The standard InChI is InChI=1S/C12H11N3O4/c16-6-7-2-1-3-8(4-7)14-10(17)9-5-13-12(19)15-11(9)18/h1-5,16H,6H2,(H,14,17)(H2,13,15,18,19). The molecule has 2 rings (SSSR count). The van der Waals surface area contributed by atoms with Crippen LogP contribution in [-0.2, 0) is 6.61 Å². The Hall–Kier alpha value is -2.67. The van der Waals surface area contributed by atoms with Crippen LogP contribution in [0.3, 0.4) is 0 Å². The van der Waals surface area contributed by atoms with Crippen molar-refractivity contribution in [1.29, 1.82) is 0 Å². The Labute approximate surface area is 106 Å². The van der Waals surface area contributed by atoms with Gasteiger partial charge in [-0.1, -0.05) is 12.1 Å². The van der Waals surface area contributed by atoms with Crippen LogP contribution in [0.5, 0.6) is 0 Å². The molecule has 0 fully saturated rings. The van der Waals surface area contributed by atoms with Crippen LogP contribution >= 0.6 is 0 Å². The highest BCUT2D eigenvalue weighted by atomic mass is 16.3. The summed E-state index contributed by atoms with van der Waals surface area (Å²) in [6, 6.07) is 6.56. The molecule has 7 nitrogen and oxygen atoms in total. The van der Waals surface area contributed by atoms with Gasteiger partial charge in [-0.2, -0.15) is 0 Å². The molecule has 0 saturated carbocycles. The second-order valence-corrected chi connectivity index (χ2v) is 3.80. The number of rotatable bonds is 3. The van der Waals surface area contributed by atoms with E-state index in [1.165, 1.54) is 0 Å². The molecule has 4 N–H and O–H groups in total. The summed E-state index contributed by atoms with van der Waals surface area (Å²) in [4.78, 5) is 38.3. The highest BCUT2D eigenvalue weighted by molar-refractivity contribution is 6.03. The van der Waals surface area contributed by atoms with Gasteiger partial charge in [0, 0.05) is 11.9 Å². The lowest BCUT2D eigenvalue weighted by Crippen LogP contribution is -2.29. The van der Waals surface area contributed by atoms with Gasteiger partial charge in [0.15, 0.2) is 0 Å². The second kappa shape index (κ2) is 5.32. The third kappa shape index (κ3) is 2.96. The van der Waals surface area contributed by atoms with Gasteiger partial charge >= 0.3 is 5.69 Å². The van der Waals surface area contributed by atoms with Crippen LogP contribution in [0.25, 0.3) is 0 Å². The number of anilines is 1. The number of nitrogens with one attached hydrogen (secondary N) is 3. The number of amides is 1. The van der Waals surface area contributed by atoms with Gasteiger partial charge < -0.3 is 15.4 Å². The Morgan fingerprint density at radius 1 is 1.32 bits per heavy atom. The van der Waals surface area contributed by atoms with Gasteiger partial charge in [-0.05, 0) is 17.7 Å². The van der Waals surface area contributed by atoms with E-state index in [0.29, 0.717) is 11.3 Å². The van der Waals surface area contributed by atoms with E-state index >= 15 is 0 Å². The van der Waals surface area contributed by atoms with E-state index < -0.39 is 17.2 Å². The first-order valence-corrected chi connectivity index (χ1v) is 5.43. The predicted octanol–water partition coefficient (Wildman–Crippen LogP) is -0.192. The van der Waals surface area contributed by atoms with E-state index in [0.717, 1.165) is 6.20 Å². The number of aromatic amines is 2. The molecule has 0 aliphatic carbocycles. The van der Waals surface area contributed by atoms with Gasteiger partial charge in [0.2, 0.25) is 0 Å². The maximum atomic E-state index is 11.8. The fraction of sp³-hybridized carbons (Fsp3) is 0.0833. The average Bonchev–Trinajstić information content (AvgIpc) is 2.38. The van der Waals surface area contributed by atoms with Crippen molar-refractivity contribution in [3.63, 3.8) is 0 Å². The first-order chi connectivity index (χ1) is 9.10. The van der Waals surface area contributed by atoms with Crippen LogP contribution in [0.2, 0.25) is 0 Å². The molecule has 0 unspecified atom stereocenters. The van der Waals surface area contributed by atoms with Crippen molar-refractivity contribution in [2.45, 2.75) is 6.61 Å². The molecule has 1 aromatic heterocycles. The summed E-state index contributed by atoms with van der Waals surface area (Å²) in [7, 11) is 0. The van der Waals surface area contributed by atoms with Crippen LogP contribution in [0, 0.1) is 0 Å². The third-order valence-electron chi connectivity index (χ3n) is 2.43. The second-order valence-electron chi connectivity index (χ2n) is 3.80. The fourth-order valence-electron chi connectivity index (χ4n) is 1.52. The summed E-state index contributed by atoms with van der Waals surface area (Å²) >= 11 is 0. The molecule has 0 atom stereocenters. The molecule has 98 valence electrons. The van der Waals surface area contributed by atoms with E-state index in [4.69, 9.17) is 5.11 Å². The van der Waals surface area contributed by atoms with Crippen LogP contribution < -0.4 is 16.6 Å². The molecule has 0 aliphatic rings. The summed E-state index contributed by atoms with van der Waals surface area (Å²) in [5, 5.41) is 11.5. The molecule has 7 heteroatoms. The molecule has 19 heavy (non-hydrogen) atoms. The number of aliphatic hydroxyl groups excluding tert-OH is 1. The topological polar surface area (TPSA) is 115 Å². The van der Waals surface area contributed by atoms with Gasteiger partial charge in [-0.15, -0.1) is 0 Å². The first kappa shape index (κ1) is 12.8. The van der Waals surface area contributed by atoms with Crippen LogP contribution in [-0.4, -0.2) is 21.0 Å². The lowest BCUT2D eigenvalue weighted by Gasteiger charge is -2.05. The summed E-state index contributed by atoms with van der Waals surface area (Å²) in [6.07, 6.45) is 1.05. The minimum atomic E-state index is -0.764. The van der Waals surface area contributed by atoms with Gasteiger partial charge in [-0.3, -0.25) is 14.6 Å². The van der Waals surface area contributed by atoms with Crippen molar-refractivity contribution < 1.29 is 9.90 Å². The largest absolute Gasteiger partial charge is 0.392 e. The highest BCUT2D eigenvalue weighted by Gasteiger charge is 2.11. The van der Waals surface area contributed by atoms with Gasteiger partial charge in [0.25, 0.3) is 11.5 Å². The summed E-state index contributed by atoms with van der Waals surface area (Å²) in [6.45, 7) is -0.150. The summed E-state index contributed by atoms with van der Waals surface area (Å²) in [5.74, 6) is -0.646. The number of hydrogen-bond acceptors (Lipinski definition) is 4. The van der Waals surface area contributed by atoms with Crippen molar-refractivity contribution >= 4 is 11.6 Å². The Bertz CT molecular complexity index is 717. The van der Waals surface area contributed by atoms with Crippen molar-refractivity contribution in [2.24, 2.45) is 0 Å². The Morgan fingerprint density at radius 3 is 2.79 bits per heavy atom. The number of carbonyl (C=O) groups is 1. The molecule has 0 spiro atoms. The molecular weight excluding hydrogens is 250 g/mol. The van der Waals surface area contributed by atoms with Crippen molar-refractivity contribution in [2.75, 3.05) is 5.32 Å². The quantitative estimate of drug-likeness (QED) is 0.612. The molecule has 1 aromatic carbocycles. The SMILES string of the molecule is O=C(Nc1cccc(CO)c1)c1c[nH]c(=O)[nH]c1=O. The fourth-order valence-corrected chi connectivity index (χ4v) is 1.52. The maximum absolute atomic E-state index is 11.8. The lowest BCUT2D eigenvalue weighted by atomic mass is 10.2. The van der Waals surface area contributed by atoms with E-state index in [-0.39, 0.29) is 12.2 Å². The zero-order valence-corrected chi connectivity index (χ0v) is 9.77. The third-order valence-corrected chi connectivity index (χ3v) is 2.43. The van der Waals surface area contributed by atoms with Crippen LogP contribution in [0.1, 0.15) is 15.9 Å². The molecular formula is C12H11N3O4. The maximum Gasteiger partial charge on any atom is 0.325 e. The minimum Gasteiger partial charge on any atom is -0.392 e. The van der Waals surface area contributed by atoms with E-state index in [1.54, 1.807) is 24.3 Å². The van der Waals surface area contributed by atoms with E-state index in [1.807, 2.05) is 4.98 Å². The number of hydrogen-bond donors (Lipinski definition) is 4. The van der Waals surface area contributed by atoms with Crippen molar-refractivity contribution in [3.8, 4) is 0 Å². The average molecular weight is 261 g/mol. The predicted molar refractivity (Wildman–Crippen MR) is 68.0 cm³/mol. The lowest BCUT2D eigenvalue weighted by molar-refractivity contribution is 0.102. The smallest absolute Gasteiger partial charge is 0.325 e. The molecule has 0 bridgehead atoms. The Balaban J connectivity index is 2.25. The normalized spacial score (nSPS) is 10.2.